The van der Waals surface area contributed by atoms with Crippen molar-refractivity contribution in [3.63, 3.8) is 0 Å². The highest BCUT2D eigenvalue weighted by molar-refractivity contribution is 6.04. The van der Waals surface area contributed by atoms with E-state index in [1.807, 2.05) is 55.5 Å². The summed E-state index contributed by atoms with van der Waals surface area (Å²) in [6.45, 7) is 2.90. The van der Waals surface area contributed by atoms with Crippen molar-refractivity contribution in [1.82, 2.24) is 0 Å². The highest BCUT2D eigenvalue weighted by atomic mass is 15.1. The van der Waals surface area contributed by atoms with E-state index in [2.05, 4.69) is 20.2 Å². The minimum atomic E-state index is -0.158. The molecule has 4 N–H and O–H groups in total. The van der Waals surface area contributed by atoms with Crippen LogP contribution in [0.1, 0.15) is 24.5 Å². The molecule has 6 heteroatoms. The number of azo groups is 1. The van der Waals surface area contributed by atoms with Crippen LogP contribution in [0.25, 0.3) is 0 Å². The second-order valence-electron chi connectivity index (χ2n) is 5.90. The van der Waals surface area contributed by atoms with Gasteiger partial charge < -0.3 is 11.5 Å². The molecule has 1 aliphatic heterocycles. The molecule has 0 atom stereocenters. The average molecular weight is 334 g/mol. The standard InChI is InChI=1S/C19H22N6/c1-2-15-18(20)22-11-13-7-3-5-9-16(13)24-25-17-10-6-4-8-14(17)12-23-19(15)21/h3-10,15H,2,11-12H2,1H3,(H2,20,22)(H2,21,23). The first-order valence-electron chi connectivity index (χ1n) is 8.36. The first-order chi connectivity index (χ1) is 12.2. The fourth-order valence-corrected chi connectivity index (χ4v) is 2.74. The van der Waals surface area contributed by atoms with Gasteiger partial charge in [-0.2, -0.15) is 10.2 Å². The number of nitrogens with two attached hydrogens (primary N) is 2. The highest BCUT2D eigenvalue weighted by Crippen LogP contribution is 2.26. The minimum Gasteiger partial charge on any atom is -0.387 e. The van der Waals surface area contributed by atoms with E-state index in [1.54, 1.807) is 0 Å². The van der Waals surface area contributed by atoms with Gasteiger partial charge in [-0.3, -0.25) is 9.98 Å². The molecule has 0 bridgehead atoms. The van der Waals surface area contributed by atoms with Gasteiger partial charge in [-0.15, -0.1) is 0 Å². The number of amidine groups is 2. The van der Waals surface area contributed by atoms with Gasteiger partial charge in [0.2, 0.25) is 0 Å². The monoisotopic (exact) mass is 334 g/mol. The summed E-state index contributed by atoms with van der Waals surface area (Å²) in [5, 5.41) is 8.82. The van der Waals surface area contributed by atoms with E-state index >= 15 is 0 Å². The summed E-state index contributed by atoms with van der Waals surface area (Å²) in [7, 11) is 0. The molecule has 2 aromatic carbocycles. The normalized spacial score (nSPS) is 17.9. The van der Waals surface area contributed by atoms with Gasteiger partial charge in [0.1, 0.15) is 11.7 Å². The molecule has 0 spiro atoms. The summed E-state index contributed by atoms with van der Waals surface area (Å²) in [5.41, 5.74) is 15.9. The topological polar surface area (TPSA) is 101 Å². The van der Waals surface area contributed by atoms with Crippen LogP contribution in [-0.4, -0.2) is 11.7 Å². The zero-order valence-electron chi connectivity index (χ0n) is 14.3. The summed E-state index contributed by atoms with van der Waals surface area (Å²) >= 11 is 0. The van der Waals surface area contributed by atoms with Gasteiger partial charge in [-0.25, -0.2) is 0 Å². The smallest absolute Gasteiger partial charge is 0.105 e. The molecule has 0 radical (unpaired) electrons. The van der Waals surface area contributed by atoms with Crippen molar-refractivity contribution in [2.75, 3.05) is 0 Å². The van der Waals surface area contributed by atoms with E-state index in [-0.39, 0.29) is 5.92 Å². The van der Waals surface area contributed by atoms with Gasteiger partial charge in [0.25, 0.3) is 0 Å². The second-order valence-corrected chi connectivity index (χ2v) is 5.90. The molecule has 1 heterocycles. The van der Waals surface area contributed by atoms with Crippen LogP contribution in [0.3, 0.4) is 0 Å². The molecule has 0 saturated carbocycles. The predicted molar refractivity (Wildman–Crippen MR) is 101 cm³/mol. The molecule has 2 aromatic rings. The Bertz CT molecular complexity index is 770. The van der Waals surface area contributed by atoms with Crippen molar-refractivity contribution >= 4 is 23.0 Å². The van der Waals surface area contributed by atoms with Crippen LogP contribution in [0.4, 0.5) is 11.4 Å². The Balaban J connectivity index is 2.11. The fourth-order valence-electron chi connectivity index (χ4n) is 2.74. The zero-order chi connectivity index (χ0) is 17.6. The second kappa shape index (κ2) is 7.70. The maximum absolute atomic E-state index is 6.19. The van der Waals surface area contributed by atoms with Gasteiger partial charge in [-0.1, -0.05) is 43.3 Å². The third kappa shape index (κ3) is 3.91. The number of benzene rings is 2. The van der Waals surface area contributed by atoms with Gasteiger partial charge >= 0.3 is 0 Å². The van der Waals surface area contributed by atoms with E-state index in [0.717, 1.165) is 28.9 Å². The number of fused-ring (bicyclic) bond motifs is 2. The Kier molecular flexibility index (Phi) is 5.18. The van der Waals surface area contributed by atoms with Crippen molar-refractivity contribution in [2.24, 2.45) is 37.6 Å². The number of nitrogens with zero attached hydrogens (tertiary/aromatic N) is 4. The van der Waals surface area contributed by atoms with Crippen molar-refractivity contribution in [1.29, 1.82) is 0 Å². The van der Waals surface area contributed by atoms with E-state index in [0.29, 0.717) is 24.8 Å². The molecule has 0 unspecified atom stereocenters. The molecule has 0 aromatic heterocycles. The lowest BCUT2D eigenvalue weighted by Crippen LogP contribution is -2.35. The molecule has 0 fully saturated rings. The largest absolute Gasteiger partial charge is 0.387 e. The summed E-state index contributed by atoms with van der Waals surface area (Å²) < 4.78 is 0. The van der Waals surface area contributed by atoms with E-state index in [9.17, 15) is 0 Å². The lowest BCUT2D eigenvalue weighted by atomic mass is 10.0. The number of aliphatic imine (C=N–C) groups is 2. The van der Waals surface area contributed by atoms with Crippen LogP contribution in [0, 0.1) is 5.92 Å². The number of rotatable bonds is 1. The zero-order valence-corrected chi connectivity index (χ0v) is 14.3. The molecule has 0 amide bonds. The first-order valence-corrected chi connectivity index (χ1v) is 8.36. The summed E-state index contributed by atoms with van der Waals surface area (Å²) in [4.78, 5) is 9.03. The summed E-state index contributed by atoms with van der Waals surface area (Å²) in [5.74, 6) is 0.847. The van der Waals surface area contributed by atoms with Gasteiger partial charge in [0.05, 0.1) is 30.4 Å². The summed E-state index contributed by atoms with van der Waals surface area (Å²) in [6, 6.07) is 15.6. The predicted octanol–water partition coefficient (Wildman–Crippen LogP) is 3.86. The Morgan fingerprint density at radius 1 is 0.800 bits per heavy atom. The Morgan fingerprint density at radius 2 is 1.24 bits per heavy atom. The molecule has 6 nitrogen and oxygen atoms in total. The van der Waals surface area contributed by atoms with Crippen molar-refractivity contribution in [3.8, 4) is 0 Å². The quantitative estimate of drug-likeness (QED) is 0.827. The van der Waals surface area contributed by atoms with Crippen LogP contribution in [0.15, 0.2) is 68.7 Å². The van der Waals surface area contributed by atoms with Crippen LogP contribution >= 0.6 is 0 Å². The van der Waals surface area contributed by atoms with E-state index in [1.165, 1.54) is 0 Å². The summed E-state index contributed by atoms with van der Waals surface area (Å²) in [6.07, 6.45) is 0.753. The van der Waals surface area contributed by atoms with Crippen LogP contribution in [-0.2, 0) is 13.1 Å². The Morgan fingerprint density at radius 3 is 1.68 bits per heavy atom. The Labute approximate surface area is 147 Å². The van der Waals surface area contributed by atoms with Crippen molar-refractivity contribution < 1.29 is 0 Å². The Hall–Kier alpha value is -3.02. The van der Waals surface area contributed by atoms with Crippen LogP contribution in [0.5, 0.6) is 0 Å². The molecule has 0 saturated heterocycles. The first kappa shape index (κ1) is 16.8. The SMILES string of the molecule is CCC1C(N)=NCc2ccccc2N=Nc2ccccc2CN=C1N. The average Bonchev–Trinajstić information content (AvgIpc) is 2.65. The van der Waals surface area contributed by atoms with Crippen LogP contribution in [0.2, 0.25) is 0 Å². The maximum Gasteiger partial charge on any atom is 0.105 e. The maximum atomic E-state index is 6.19. The van der Waals surface area contributed by atoms with E-state index in [4.69, 9.17) is 11.5 Å². The molecule has 1 aliphatic rings. The molecule has 25 heavy (non-hydrogen) atoms. The highest BCUT2D eigenvalue weighted by Gasteiger charge is 2.16. The number of hydrogen-bond acceptors (Lipinski definition) is 6. The molecule has 0 aliphatic carbocycles. The molecular formula is C19H22N6. The van der Waals surface area contributed by atoms with Crippen molar-refractivity contribution in [3.05, 3.63) is 59.7 Å². The lowest BCUT2D eigenvalue weighted by molar-refractivity contribution is 0.818. The third-order valence-corrected chi connectivity index (χ3v) is 4.23. The van der Waals surface area contributed by atoms with E-state index < -0.39 is 0 Å². The van der Waals surface area contributed by atoms with Crippen LogP contribution < -0.4 is 11.5 Å². The van der Waals surface area contributed by atoms with Gasteiger partial charge in [-0.05, 0) is 18.6 Å². The van der Waals surface area contributed by atoms with Gasteiger partial charge in [0.15, 0.2) is 0 Å². The molecule has 3 rings (SSSR count). The minimum absolute atomic E-state index is 0.158. The van der Waals surface area contributed by atoms with Crippen molar-refractivity contribution in [2.45, 2.75) is 26.4 Å². The van der Waals surface area contributed by atoms with Gasteiger partial charge in [0, 0.05) is 11.1 Å². The lowest BCUT2D eigenvalue weighted by Gasteiger charge is -2.14. The third-order valence-electron chi connectivity index (χ3n) is 4.23. The molecule has 128 valence electrons. The fraction of sp³-hybridized carbons (Fsp3) is 0.263. The number of hydrogen-bond donors (Lipinski definition) is 2. The molecular weight excluding hydrogens is 312 g/mol.